The van der Waals surface area contributed by atoms with E-state index in [9.17, 15) is 4.79 Å². The third kappa shape index (κ3) is 3.62. The molecule has 1 saturated heterocycles. The number of anilines is 1. The van der Waals surface area contributed by atoms with Crippen molar-refractivity contribution in [3.8, 4) is 0 Å². The average Bonchev–Trinajstić information content (AvgIpc) is 3.10. The lowest BCUT2D eigenvalue weighted by Crippen LogP contribution is -2.42. The van der Waals surface area contributed by atoms with Crippen LogP contribution in [0.3, 0.4) is 0 Å². The summed E-state index contributed by atoms with van der Waals surface area (Å²) in [6, 6.07) is 17.7. The van der Waals surface area contributed by atoms with Gasteiger partial charge in [-0.1, -0.05) is 48.0 Å². The highest BCUT2D eigenvalue weighted by Gasteiger charge is 2.30. The number of rotatable bonds is 4. The Bertz CT molecular complexity index is 717. The van der Waals surface area contributed by atoms with Gasteiger partial charge < -0.3 is 4.90 Å². The summed E-state index contributed by atoms with van der Waals surface area (Å²) in [4.78, 5) is 16.6. The molecule has 0 bridgehead atoms. The van der Waals surface area contributed by atoms with Crippen LogP contribution >= 0.6 is 11.6 Å². The minimum Gasteiger partial charge on any atom is -0.324 e. The summed E-state index contributed by atoms with van der Waals surface area (Å²) >= 11 is 6.09. The molecule has 1 unspecified atom stereocenters. The van der Waals surface area contributed by atoms with E-state index in [2.05, 4.69) is 12.6 Å². The molecule has 0 aliphatic carbocycles. The number of hydrogen-bond donors (Lipinski definition) is 0. The van der Waals surface area contributed by atoms with Crippen LogP contribution in [-0.2, 0) is 0 Å². The smallest absolute Gasteiger partial charge is 0.324 e. The molecule has 24 heavy (non-hydrogen) atoms. The maximum atomic E-state index is 13.0. The number of urea groups is 1. The van der Waals surface area contributed by atoms with Crippen LogP contribution in [0.1, 0.15) is 17.9 Å². The van der Waals surface area contributed by atoms with Gasteiger partial charge in [-0.15, -0.1) is 6.58 Å². The predicted molar refractivity (Wildman–Crippen MR) is 99.8 cm³/mol. The van der Waals surface area contributed by atoms with E-state index in [-0.39, 0.29) is 6.03 Å². The van der Waals surface area contributed by atoms with Crippen molar-refractivity contribution in [1.82, 2.24) is 4.90 Å². The van der Waals surface area contributed by atoms with Gasteiger partial charge in [0.2, 0.25) is 0 Å². The van der Waals surface area contributed by atoms with E-state index in [1.807, 2.05) is 53.4 Å². The number of halogens is 1. The van der Waals surface area contributed by atoms with Crippen molar-refractivity contribution < 1.29 is 4.79 Å². The van der Waals surface area contributed by atoms with E-state index < -0.39 is 0 Å². The van der Waals surface area contributed by atoms with Gasteiger partial charge in [0.05, 0.1) is 0 Å². The van der Waals surface area contributed by atoms with Crippen molar-refractivity contribution in [3.05, 3.63) is 77.8 Å². The number of hydrogen-bond acceptors (Lipinski definition) is 1. The number of amides is 2. The van der Waals surface area contributed by atoms with Gasteiger partial charge in [0.1, 0.15) is 0 Å². The van der Waals surface area contributed by atoms with Gasteiger partial charge in [0.15, 0.2) is 0 Å². The molecule has 0 spiro atoms. The molecule has 1 heterocycles. The van der Waals surface area contributed by atoms with Crippen LogP contribution in [0.4, 0.5) is 10.5 Å². The van der Waals surface area contributed by atoms with Crippen molar-refractivity contribution in [3.63, 3.8) is 0 Å². The first kappa shape index (κ1) is 16.6. The first-order valence-electron chi connectivity index (χ1n) is 8.17. The van der Waals surface area contributed by atoms with E-state index in [4.69, 9.17) is 11.6 Å². The zero-order valence-corrected chi connectivity index (χ0v) is 14.3. The third-order valence-corrected chi connectivity index (χ3v) is 4.62. The van der Waals surface area contributed by atoms with Gasteiger partial charge >= 0.3 is 6.03 Å². The highest BCUT2D eigenvalue weighted by atomic mass is 35.5. The Labute approximate surface area is 148 Å². The molecule has 1 aliphatic heterocycles. The molecule has 1 fully saturated rings. The van der Waals surface area contributed by atoms with E-state index >= 15 is 0 Å². The zero-order valence-electron chi connectivity index (χ0n) is 13.6. The Hall–Kier alpha value is -2.26. The highest BCUT2D eigenvalue weighted by molar-refractivity contribution is 6.30. The van der Waals surface area contributed by atoms with E-state index in [1.165, 1.54) is 5.56 Å². The van der Waals surface area contributed by atoms with E-state index in [0.717, 1.165) is 30.2 Å². The number of nitrogens with zero attached hydrogens (tertiary/aromatic N) is 2. The molecule has 0 N–H and O–H groups in total. The molecule has 0 aromatic heterocycles. The largest absolute Gasteiger partial charge is 0.324 e. The topological polar surface area (TPSA) is 23.6 Å². The Balaban J connectivity index is 1.74. The predicted octanol–water partition coefficient (Wildman–Crippen LogP) is 4.94. The molecule has 2 aromatic carbocycles. The summed E-state index contributed by atoms with van der Waals surface area (Å²) in [6.45, 7) is 5.76. The summed E-state index contributed by atoms with van der Waals surface area (Å²) in [5.41, 5.74) is 2.10. The fourth-order valence-corrected chi connectivity index (χ4v) is 3.37. The highest BCUT2D eigenvalue weighted by Crippen LogP contribution is 2.30. The van der Waals surface area contributed by atoms with Crippen LogP contribution in [0.15, 0.2) is 67.3 Å². The van der Waals surface area contributed by atoms with Gasteiger partial charge in [-0.2, -0.15) is 0 Å². The minimum absolute atomic E-state index is 0.0330. The van der Waals surface area contributed by atoms with Gasteiger partial charge in [0.25, 0.3) is 0 Å². The van der Waals surface area contributed by atoms with Crippen molar-refractivity contribution >= 4 is 23.3 Å². The fourth-order valence-electron chi connectivity index (χ4n) is 3.17. The van der Waals surface area contributed by atoms with Crippen molar-refractivity contribution in [1.29, 1.82) is 0 Å². The van der Waals surface area contributed by atoms with Gasteiger partial charge in [0, 0.05) is 36.3 Å². The summed E-state index contributed by atoms with van der Waals surface area (Å²) in [6.07, 6.45) is 2.72. The first-order valence-corrected chi connectivity index (χ1v) is 8.54. The van der Waals surface area contributed by atoms with Crippen LogP contribution in [0.2, 0.25) is 5.02 Å². The van der Waals surface area contributed by atoms with Crippen LogP contribution in [0.5, 0.6) is 0 Å². The van der Waals surface area contributed by atoms with Crippen LogP contribution in [0, 0.1) is 0 Å². The second-order valence-corrected chi connectivity index (χ2v) is 6.44. The van der Waals surface area contributed by atoms with Crippen LogP contribution in [0.25, 0.3) is 0 Å². The minimum atomic E-state index is 0.0330. The Morgan fingerprint density at radius 1 is 1.25 bits per heavy atom. The molecule has 0 radical (unpaired) electrons. The fraction of sp³-hybridized carbons (Fsp3) is 0.250. The molecule has 1 aliphatic rings. The molecular weight excluding hydrogens is 320 g/mol. The lowest BCUT2D eigenvalue weighted by Gasteiger charge is -2.27. The maximum Gasteiger partial charge on any atom is 0.324 e. The quantitative estimate of drug-likeness (QED) is 0.723. The second kappa shape index (κ2) is 7.54. The molecule has 3 rings (SSSR count). The molecule has 0 saturated carbocycles. The maximum absolute atomic E-state index is 13.0. The second-order valence-electron chi connectivity index (χ2n) is 6.00. The van der Waals surface area contributed by atoms with Crippen LogP contribution in [-0.4, -0.2) is 30.6 Å². The first-order chi connectivity index (χ1) is 11.7. The lowest BCUT2D eigenvalue weighted by molar-refractivity contribution is 0.215. The van der Waals surface area contributed by atoms with Gasteiger partial charge in [-0.05, 0) is 36.2 Å². The Morgan fingerprint density at radius 2 is 2.04 bits per heavy atom. The molecule has 2 aromatic rings. The number of likely N-dealkylation sites (tertiary alicyclic amines) is 1. The zero-order chi connectivity index (χ0) is 16.9. The summed E-state index contributed by atoms with van der Waals surface area (Å²) in [5.74, 6) is 0.342. The third-order valence-electron chi connectivity index (χ3n) is 4.39. The normalized spacial score (nSPS) is 16.9. The number of carbonyl (C=O) groups excluding carboxylic acids is 1. The monoisotopic (exact) mass is 340 g/mol. The molecule has 3 nitrogen and oxygen atoms in total. The molecular formula is C20H21ClN2O. The van der Waals surface area contributed by atoms with Gasteiger partial charge in [-0.3, -0.25) is 4.90 Å². The molecule has 4 heteroatoms. The van der Waals surface area contributed by atoms with E-state index in [0.29, 0.717) is 12.5 Å². The Morgan fingerprint density at radius 3 is 2.75 bits per heavy atom. The van der Waals surface area contributed by atoms with Crippen LogP contribution < -0.4 is 4.90 Å². The van der Waals surface area contributed by atoms with Crippen molar-refractivity contribution in [2.24, 2.45) is 0 Å². The number of benzene rings is 2. The molecule has 124 valence electrons. The number of carbonyl (C=O) groups is 1. The summed E-state index contributed by atoms with van der Waals surface area (Å²) in [7, 11) is 0. The van der Waals surface area contributed by atoms with Crippen molar-refractivity contribution in [2.45, 2.75) is 12.3 Å². The van der Waals surface area contributed by atoms with E-state index in [1.54, 1.807) is 11.0 Å². The SMILES string of the molecule is C=CCN(C(=O)N1CCC(c2cccc(Cl)c2)C1)c1ccccc1. The molecule has 1 atom stereocenters. The van der Waals surface area contributed by atoms with Gasteiger partial charge in [-0.25, -0.2) is 4.79 Å². The average molecular weight is 341 g/mol. The van der Waals surface area contributed by atoms with Crippen molar-refractivity contribution in [2.75, 3.05) is 24.5 Å². The summed E-state index contributed by atoms with van der Waals surface area (Å²) in [5, 5.41) is 0.745. The number of para-hydroxylation sites is 1. The summed E-state index contributed by atoms with van der Waals surface area (Å²) < 4.78 is 0. The lowest BCUT2D eigenvalue weighted by atomic mass is 9.99. The standard InChI is InChI=1S/C20H21ClN2O/c1-2-12-23(19-9-4-3-5-10-19)20(24)22-13-11-17(15-22)16-7-6-8-18(21)14-16/h2-10,14,17H,1,11-13,15H2. The Kier molecular flexibility index (Phi) is 5.21. The molecule has 2 amide bonds.